The van der Waals surface area contributed by atoms with Crippen molar-refractivity contribution in [2.75, 3.05) is 7.11 Å². The molecule has 4 nitrogen and oxygen atoms in total. The Hall–Kier alpha value is -1.64. The van der Waals surface area contributed by atoms with Crippen molar-refractivity contribution in [2.45, 2.75) is 26.2 Å². The quantitative estimate of drug-likeness (QED) is 0.500. The molecule has 0 aliphatic heterocycles. The molecule has 1 aromatic rings. The largest absolute Gasteiger partial charge is 0.464 e. The van der Waals surface area contributed by atoms with Gasteiger partial charge in [-0.15, -0.1) is 5.54 Å². The fourth-order valence-corrected chi connectivity index (χ4v) is 1.73. The standard InChI is InChI=1S/C13H17NO3Si/c1-17-13(16)12-8-10(5-6-18(2,3)4)7-11(9-15)14-12/h7-8,15H,9H2,1-4H3. The third-order valence-corrected chi connectivity index (χ3v) is 2.89. The molecule has 96 valence electrons. The number of nitrogens with zero attached hydrogens (tertiary/aromatic N) is 1. The summed E-state index contributed by atoms with van der Waals surface area (Å²) in [6.07, 6.45) is 0. The Bertz CT molecular complexity index is 509. The molecule has 0 amide bonds. The average Bonchev–Trinajstić information content (AvgIpc) is 2.34. The Balaban J connectivity index is 3.19. The highest BCUT2D eigenvalue weighted by atomic mass is 28.3. The summed E-state index contributed by atoms with van der Waals surface area (Å²) in [6, 6.07) is 3.26. The van der Waals surface area contributed by atoms with E-state index < -0.39 is 14.0 Å². The van der Waals surface area contributed by atoms with Crippen molar-refractivity contribution < 1.29 is 14.6 Å². The normalized spacial score (nSPS) is 10.5. The van der Waals surface area contributed by atoms with Gasteiger partial charge in [0.2, 0.25) is 0 Å². The molecule has 1 aromatic heterocycles. The summed E-state index contributed by atoms with van der Waals surface area (Å²) in [7, 11) is -0.186. The molecule has 1 N–H and O–H groups in total. The summed E-state index contributed by atoms with van der Waals surface area (Å²) < 4.78 is 4.61. The first-order valence-corrected chi connectivity index (χ1v) is 9.09. The number of aliphatic hydroxyl groups excluding tert-OH is 1. The van der Waals surface area contributed by atoms with Gasteiger partial charge in [0.1, 0.15) is 13.8 Å². The number of aliphatic hydroxyl groups is 1. The summed E-state index contributed by atoms with van der Waals surface area (Å²) in [4.78, 5) is 15.4. The zero-order valence-corrected chi connectivity index (χ0v) is 12.1. The van der Waals surface area contributed by atoms with E-state index in [-0.39, 0.29) is 12.3 Å². The smallest absolute Gasteiger partial charge is 0.356 e. The van der Waals surface area contributed by atoms with Crippen LogP contribution in [0.25, 0.3) is 0 Å². The average molecular weight is 263 g/mol. The molecule has 0 aliphatic carbocycles. The number of rotatable bonds is 2. The molecule has 5 heteroatoms. The lowest BCUT2D eigenvalue weighted by Crippen LogP contribution is -2.16. The number of aromatic nitrogens is 1. The number of methoxy groups -OCH3 is 1. The van der Waals surface area contributed by atoms with E-state index in [1.54, 1.807) is 12.1 Å². The van der Waals surface area contributed by atoms with E-state index in [4.69, 9.17) is 5.11 Å². The highest BCUT2D eigenvalue weighted by Gasteiger charge is 2.11. The Morgan fingerprint density at radius 3 is 2.61 bits per heavy atom. The lowest BCUT2D eigenvalue weighted by Gasteiger charge is -2.05. The van der Waals surface area contributed by atoms with Gasteiger partial charge in [-0.05, 0) is 12.1 Å². The Labute approximate surface area is 108 Å². The SMILES string of the molecule is COC(=O)c1cc(C#C[Si](C)(C)C)cc(CO)n1. The topological polar surface area (TPSA) is 59.4 Å². The molecule has 0 atom stereocenters. The molecule has 0 radical (unpaired) electrons. The van der Waals surface area contributed by atoms with Crippen LogP contribution in [0.15, 0.2) is 12.1 Å². The maximum atomic E-state index is 11.4. The van der Waals surface area contributed by atoms with Gasteiger partial charge in [0, 0.05) is 5.56 Å². The maximum Gasteiger partial charge on any atom is 0.356 e. The molecule has 0 bridgehead atoms. The number of hydrogen-bond acceptors (Lipinski definition) is 4. The monoisotopic (exact) mass is 263 g/mol. The highest BCUT2D eigenvalue weighted by Crippen LogP contribution is 2.08. The molecule has 1 rings (SSSR count). The highest BCUT2D eigenvalue weighted by molar-refractivity contribution is 6.83. The number of ether oxygens (including phenoxy) is 1. The van der Waals surface area contributed by atoms with Gasteiger partial charge in [0.05, 0.1) is 19.4 Å². The van der Waals surface area contributed by atoms with Gasteiger partial charge in [-0.1, -0.05) is 25.6 Å². The van der Waals surface area contributed by atoms with Crippen LogP contribution in [0.1, 0.15) is 21.7 Å². The van der Waals surface area contributed by atoms with Gasteiger partial charge < -0.3 is 9.84 Å². The molecule has 18 heavy (non-hydrogen) atoms. The zero-order valence-electron chi connectivity index (χ0n) is 11.1. The summed E-state index contributed by atoms with van der Waals surface area (Å²) in [5.41, 5.74) is 4.46. The van der Waals surface area contributed by atoms with Gasteiger partial charge in [-0.2, -0.15) is 0 Å². The number of pyridine rings is 1. The fourth-order valence-electron chi connectivity index (χ4n) is 1.21. The third-order valence-electron chi connectivity index (χ3n) is 2.02. The minimum atomic E-state index is -1.48. The van der Waals surface area contributed by atoms with Crippen molar-refractivity contribution in [3.63, 3.8) is 0 Å². The van der Waals surface area contributed by atoms with Crippen molar-refractivity contribution >= 4 is 14.0 Å². The van der Waals surface area contributed by atoms with E-state index >= 15 is 0 Å². The molecule has 0 unspecified atom stereocenters. The second kappa shape index (κ2) is 5.80. The van der Waals surface area contributed by atoms with Crippen molar-refractivity contribution in [3.8, 4) is 11.5 Å². The van der Waals surface area contributed by atoms with Crippen LogP contribution in [-0.2, 0) is 11.3 Å². The molecular formula is C13H17NO3Si. The first-order valence-electron chi connectivity index (χ1n) is 5.59. The van der Waals surface area contributed by atoms with Crippen LogP contribution in [0.5, 0.6) is 0 Å². The van der Waals surface area contributed by atoms with E-state index in [1.807, 2.05) is 0 Å². The number of esters is 1. The van der Waals surface area contributed by atoms with Crippen LogP contribution in [-0.4, -0.2) is 31.2 Å². The number of carbonyl (C=O) groups excluding carboxylic acids is 1. The molecule has 0 saturated carbocycles. The van der Waals surface area contributed by atoms with Gasteiger partial charge in [-0.3, -0.25) is 0 Å². The molecule has 0 saturated heterocycles. The van der Waals surface area contributed by atoms with Crippen molar-refractivity contribution in [3.05, 3.63) is 29.1 Å². The zero-order chi connectivity index (χ0) is 13.8. The van der Waals surface area contributed by atoms with Crippen LogP contribution >= 0.6 is 0 Å². The summed E-state index contributed by atoms with van der Waals surface area (Å²) in [5.74, 6) is 2.50. The van der Waals surface area contributed by atoms with Crippen LogP contribution in [0, 0.1) is 11.5 Å². The Kier molecular flexibility index (Phi) is 4.65. The van der Waals surface area contributed by atoms with Gasteiger partial charge in [0.15, 0.2) is 0 Å². The van der Waals surface area contributed by atoms with E-state index in [1.165, 1.54) is 7.11 Å². The number of hydrogen-bond donors (Lipinski definition) is 1. The fraction of sp³-hybridized carbons (Fsp3) is 0.385. The lowest BCUT2D eigenvalue weighted by atomic mass is 10.2. The van der Waals surface area contributed by atoms with Crippen LogP contribution in [0.4, 0.5) is 0 Å². The third kappa shape index (κ3) is 4.32. The van der Waals surface area contributed by atoms with E-state index in [0.717, 1.165) is 0 Å². The Morgan fingerprint density at radius 2 is 2.11 bits per heavy atom. The molecule has 0 aliphatic rings. The lowest BCUT2D eigenvalue weighted by molar-refractivity contribution is 0.0593. The van der Waals surface area contributed by atoms with E-state index in [9.17, 15) is 4.79 Å². The Morgan fingerprint density at radius 1 is 1.44 bits per heavy atom. The molecule has 0 fully saturated rings. The first kappa shape index (κ1) is 14.4. The maximum absolute atomic E-state index is 11.4. The molecule has 0 aromatic carbocycles. The molecule has 0 spiro atoms. The summed E-state index contributed by atoms with van der Waals surface area (Å²) in [6.45, 7) is 6.17. The van der Waals surface area contributed by atoms with Gasteiger partial charge in [-0.25, -0.2) is 9.78 Å². The molecular weight excluding hydrogens is 246 g/mol. The summed E-state index contributed by atoms with van der Waals surface area (Å²) >= 11 is 0. The van der Waals surface area contributed by atoms with Crippen LogP contribution in [0.3, 0.4) is 0 Å². The predicted molar refractivity (Wildman–Crippen MR) is 71.7 cm³/mol. The second-order valence-corrected chi connectivity index (χ2v) is 9.63. The minimum absolute atomic E-state index is 0.170. The van der Waals surface area contributed by atoms with E-state index in [0.29, 0.717) is 11.3 Å². The number of carbonyl (C=O) groups is 1. The minimum Gasteiger partial charge on any atom is -0.464 e. The van der Waals surface area contributed by atoms with Gasteiger partial charge in [0.25, 0.3) is 0 Å². The second-order valence-electron chi connectivity index (χ2n) is 4.88. The van der Waals surface area contributed by atoms with Crippen molar-refractivity contribution in [1.29, 1.82) is 0 Å². The molecule has 1 heterocycles. The van der Waals surface area contributed by atoms with Gasteiger partial charge >= 0.3 is 5.97 Å². The first-order chi connectivity index (χ1) is 8.35. The van der Waals surface area contributed by atoms with Crippen molar-refractivity contribution in [2.24, 2.45) is 0 Å². The van der Waals surface area contributed by atoms with E-state index in [2.05, 4.69) is 40.8 Å². The van der Waals surface area contributed by atoms with Crippen LogP contribution < -0.4 is 0 Å². The van der Waals surface area contributed by atoms with Crippen molar-refractivity contribution in [1.82, 2.24) is 4.98 Å². The summed E-state index contributed by atoms with van der Waals surface area (Å²) in [5, 5.41) is 9.11. The predicted octanol–water partition coefficient (Wildman–Crippen LogP) is 1.59. The van der Waals surface area contributed by atoms with Crippen LogP contribution in [0.2, 0.25) is 19.6 Å².